The summed E-state index contributed by atoms with van der Waals surface area (Å²) < 4.78 is 0. The van der Waals surface area contributed by atoms with Crippen LogP contribution in [0.4, 0.5) is 0 Å². The van der Waals surface area contributed by atoms with Crippen molar-refractivity contribution in [2.75, 3.05) is 19.6 Å². The van der Waals surface area contributed by atoms with E-state index in [1.807, 2.05) is 11.3 Å². The van der Waals surface area contributed by atoms with Gasteiger partial charge in [-0.2, -0.15) is 0 Å². The minimum Gasteiger partial charge on any atom is -0.337 e. The third kappa shape index (κ3) is 2.41. The maximum Gasteiger partial charge on any atom is 0.230 e. The fourth-order valence-electron chi connectivity index (χ4n) is 4.41. The molecule has 1 aliphatic carbocycles. The lowest BCUT2D eigenvalue weighted by Gasteiger charge is -2.41. The van der Waals surface area contributed by atoms with Crippen LogP contribution in [0.15, 0.2) is 11.4 Å². The molecule has 0 aromatic carbocycles. The van der Waals surface area contributed by atoms with Crippen LogP contribution in [-0.2, 0) is 17.8 Å². The Morgan fingerprint density at radius 1 is 1.43 bits per heavy atom. The highest BCUT2D eigenvalue weighted by atomic mass is 35.5. The van der Waals surface area contributed by atoms with Crippen LogP contribution in [0.25, 0.3) is 0 Å². The van der Waals surface area contributed by atoms with Crippen LogP contribution in [-0.4, -0.2) is 30.4 Å². The summed E-state index contributed by atoms with van der Waals surface area (Å²) in [6.45, 7) is 3.71. The van der Waals surface area contributed by atoms with Gasteiger partial charge < -0.3 is 10.2 Å². The average Bonchev–Trinajstić information content (AvgIpc) is 3.12. The lowest BCUT2D eigenvalue weighted by molar-refractivity contribution is -0.146. The Labute approximate surface area is 136 Å². The van der Waals surface area contributed by atoms with Gasteiger partial charge in [-0.25, -0.2) is 0 Å². The molecule has 1 N–H and O–H groups in total. The first-order valence-electron chi connectivity index (χ1n) is 7.85. The molecule has 2 atom stereocenters. The van der Waals surface area contributed by atoms with E-state index in [9.17, 15) is 4.79 Å². The molecule has 1 aromatic heterocycles. The van der Waals surface area contributed by atoms with E-state index in [4.69, 9.17) is 0 Å². The van der Waals surface area contributed by atoms with E-state index in [2.05, 4.69) is 21.7 Å². The lowest BCUT2D eigenvalue weighted by atomic mass is 9.67. The van der Waals surface area contributed by atoms with Crippen LogP contribution in [0.2, 0.25) is 0 Å². The molecule has 116 valence electrons. The van der Waals surface area contributed by atoms with Crippen LogP contribution >= 0.6 is 23.7 Å². The molecule has 5 heteroatoms. The fourth-order valence-corrected chi connectivity index (χ4v) is 5.29. The van der Waals surface area contributed by atoms with Crippen molar-refractivity contribution < 1.29 is 4.79 Å². The van der Waals surface area contributed by atoms with E-state index in [0.717, 1.165) is 39.0 Å². The smallest absolute Gasteiger partial charge is 0.230 e. The van der Waals surface area contributed by atoms with Gasteiger partial charge in [-0.15, -0.1) is 23.7 Å². The van der Waals surface area contributed by atoms with Crippen molar-refractivity contribution in [2.45, 2.75) is 38.6 Å². The number of nitrogens with one attached hydrogen (secondary N) is 1. The van der Waals surface area contributed by atoms with Crippen LogP contribution in [0.5, 0.6) is 0 Å². The van der Waals surface area contributed by atoms with Gasteiger partial charge >= 0.3 is 0 Å². The van der Waals surface area contributed by atoms with Gasteiger partial charge in [-0.05, 0) is 48.7 Å². The van der Waals surface area contributed by atoms with E-state index in [-0.39, 0.29) is 17.8 Å². The second kappa shape index (κ2) is 5.90. The van der Waals surface area contributed by atoms with Gasteiger partial charge in [0.05, 0.1) is 5.41 Å². The maximum atomic E-state index is 13.2. The standard InChI is InChI=1S/C16H22N2OS.ClH/c19-15(16-6-2-1-3-13(16)9-17-11-16)18-7-4-14-12(10-18)5-8-20-14;/h5,8,13,17H,1-4,6-7,9-11H2;1H/t13-,16+;/m0./s1. The summed E-state index contributed by atoms with van der Waals surface area (Å²) in [4.78, 5) is 16.8. The van der Waals surface area contributed by atoms with Gasteiger partial charge in [0.1, 0.15) is 0 Å². The number of hydrogen-bond donors (Lipinski definition) is 1. The molecule has 0 radical (unpaired) electrons. The van der Waals surface area contributed by atoms with Crippen molar-refractivity contribution in [2.24, 2.45) is 11.3 Å². The number of thiophene rings is 1. The second-order valence-electron chi connectivity index (χ2n) is 6.58. The molecule has 2 fully saturated rings. The Morgan fingerprint density at radius 3 is 3.24 bits per heavy atom. The number of carbonyl (C=O) groups excluding carboxylic acids is 1. The first-order valence-corrected chi connectivity index (χ1v) is 8.73. The normalized spacial score (nSPS) is 31.2. The highest BCUT2D eigenvalue weighted by Gasteiger charge is 2.51. The molecule has 4 rings (SSSR count). The third-order valence-corrected chi connectivity index (χ3v) is 6.58. The predicted octanol–water partition coefficient (Wildman–Crippen LogP) is 2.83. The Balaban J connectivity index is 0.00000132. The van der Waals surface area contributed by atoms with E-state index in [1.54, 1.807) is 0 Å². The third-order valence-electron chi connectivity index (χ3n) is 5.56. The molecule has 0 bridgehead atoms. The Bertz CT molecular complexity index is 532. The largest absolute Gasteiger partial charge is 0.337 e. The van der Waals surface area contributed by atoms with Crippen molar-refractivity contribution in [1.29, 1.82) is 0 Å². The summed E-state index contributed by atoms with van der Waals surface area (Å²) in [6, 6.07) is 2.20. The van der Waals surface area contributed by atoms with Crippen LogP contribution in [0, 0.1) is 11.3 Å². The molecule has 2 aliphatic heterocycles. The minimum atomic E-state index is -0.0776. The van der Waals surface area contributed by atoms with Gasteiger partial charge in [0.2, 0.25) is 5.91 Å². The summed E-state index contributed by atoms with van der Waals surface area (Å²) in [7, 11) is 0. The number of carbonyl (C=O) groups is 1. The van der Waals surface area contributed by atoms with Gasteiger partial charge in [-0.1, -0.05) is 12.8 Å². The van der Waals surface area contributed by atoms with Crippen LogP contribution in [0.1, 0.15) is 36.1 Å². The van der Waals surface area contributed by atoms with Gasteiger partial charge in [0.25, 0.3) is 0 Å². The lowest BCUT2D eigenvalue weighted by Crippen LogP contribution is -2.50. The predicted molar refractivity (Wildman–Crippen MR) is 87.9 cm³/mol. The van der Waals surface area contributed by atoms with E-state index < -0.39 is 0 Å². The molecular weight excluding hydrogens is 304 g/mol. The zero-order valence-corrected chi connectivity index (χ0v) is 13.9. The first kappa shape index (κ1) is 15.3. The second-order valence-corrected chi connectivity index (χ2v) is 7.58. The monoisotopic (exact) mass is 326 g/mol. The molecule has 3 nitrogen and oxygen atoms in total. The zero-order valence-electron chi connectivity index (χ0n) is 12.3. The van der Waals surface area contributed by atoms with E-state index in [1.165, 1.54) is 29.7 Å². The quantitative estimate of drug-likeness (QED) is 0.860. The highest BCUT2D eigenvalue weighted by molar-refractivity contribution is 7.10. The molecule has 3 aliphatic rings. The molecule has 1 saturated carbocycles. The number of amides is 1. The Morgan fingerprint density at radius 2 is 2.33 bits per heavy atom. The Hall–Kier alpha value is -0.580. The summed E-state index contributed by atoms with van der Waals surface area (Å²) in [5.74, 6) is 1.01. The topological polar surface area (TPSA) is 32.3 Å². The number of nitrogens with zero attached hydrogens (tertiary/aromatic N) is 1. The van der Waals surface area contributed by atoms with Gasteiger partial charge in [-0.3, -0.25) is 4.79 Å². The average molecular weight is 327 g/mol. The molecule has 3 heterocycles. The van der Waals surface area contributed by atoms with Crippen LogP contribution in [0.3, 0.4) is 0 Å². The first-order chi connectivity index (χ1) is 9.79. The van der Waals surface area contributed by atoms with Gasteiger partial charge in [0.15, 0.2) is 0 Å². The molecular formula is C16H23ClN2OS. The minimum absolute atomic E-state index is 0. The van der Waals surface area contributed by atoms with Crippen molar-refractivity contribution in [3.8, 4) is 0 Å². The molecule has 0 spiro atoms. The molecule has 1 amide bonds. The maximum absolute atomic E-state index is 13.2. The van der Waals surface area contributed by atoms with E-state index in [0.29, 0.717) is 11.8 Å². The van der Waals surface area contributed by atoms with Crippen LogP contribution < -0.4 is 5.32 Å². The summed E-state index contributed by atoms with van der Waals surface area (Å²) in [5.41, 5.74) is 1.30. The molecule has 1 aromatic rings. The summed E-state index contributed by atoms with van der Waals surface area (Å²) >= 11 is 1.84. The van der Waals surface area contributed by atoms with Crippen molar-refractivity contribution in [3.05, 3.63) is 21.9 Å². The zero-order chi connectivity index (χ0) is 13.6. The molecule has 21 heavy (non-hydrogen) atoms. The molecule has 1 saturated heterocycles. The summed E-state index contributed by atoms with van der Waals surface area (Å²) in [6.07, 6.45) is 5.90. The number of rotatable bonds is 1. The Kier molecular flexibility index (Phi) is 4.30. The van der Waals surface area contributed by atoms with Crippen molar-refractivity contribution in [3.63, 3.8) is 0 Å². The van der Waals surface area contributed by atoms with Gasteiger partial charge in [0, 0.05) is 24.5 Å². The fraction of sp³-hybridized carbons (Fsp3) is 0.688. The van der Waals surface area contributed by atoms with E-state index >= 15 is 0 Å². The van der Waals surface area contributed by atoms with Crippen molar-refractivity contribution in [1.82, 2.24) is 10.2 Å². The SMILES string of the molecule is Cl.O=C(N1CCc2sccc2C1)[C@@]12CCCC[C@H]1CNC2. The number of hydrogen-bond acceptors (Lipinski definition) is 3. The number of fused-ring (bicyclic) bond motifs is 2. The number of halogens is 1. The van der Waals surface area contributed by atoms with Crippen molar-refractivity contribution >= 4 is 29.7 Å². The molecule has 0 unspecified atom stereocenters. The highest BCUT2D eigenvalue weighted by Crippen LogP contribution is 2.45. The summed E-state index contributed by atoms with van der Waals surface area (Å²) in [5, 5.41) is 5.66.